The van der Waals surface area contributed by atoms with Crippen LogP contribution in [0.5, 0.6) is 5.75 Å². The van der Waals surface area contributed by atoms with E-state index in [1.54, 1.807) is 7.11 Å². The first kappa shape index (κ1) is 25.6. The van der Waals surface area contributed by atoms with Crippen LogP contribution >= 0.6 is 0 Å². The summed E-state index contributed by atoms with van der Waals surface area (Å²) in [4.78, 5) is 18.6. The molecule has 1 atom stereocenters. The number of aromatic amines is 1. The molecule has 1 unspecified atom stereocenters. The molecule has 2 heterocycles. The summed E-state index contributed by atoms with van der Waals surface area (Å²) >= 11 is 0. The lowest BCUT2D eigenvalue weighted by atomic mass is 9.97. The smallest absolute Gasteiger partial charge is 0.252 e. The number of hydrogen-bond donors (Lipinski definition) is 1. The largest absolute Gasteiger partial charge is 0.497 e. The Hall–Kier alpha value is -3.52. The number of rotatable bonds is 10. The van der Waals surface area contributed by atoms with E-state index >= 15 is 0 Å². The summed E-state index contributed by atoms with van der Waals surface area (Å²) < 4.78 is 7.27. The van der Waals surface area contributed by atoms with Crippen molar-refractivity contribution in [1.82, 2.24) is 30.1 Å². The molecule has 0 fully saturated rings. The van der Waals surface area contributed by atoms with Crippen molar-refractivity contribution in [3.8, 4) is 5.75 Å². The van der Waals surface area contributed by atoms with E-state index in [1.807, 2.05) is 47.1 Å². The van der Waals surface area contributed by atoms with Crippen LogP contribution in [0.15, 0.2) is 59.4 Å². The summed E-state index contributed by atoms with van der Waals surface area (Å²) in [6.07, 6.45) is 0.891. The monoisotopic (exact) mass is 488 g/mol. The Morgan fingerprint density at radius 2 is 1.83 bits per heavy atom. The summed E-state index contributed by atoms with van der Waals surface area (Å²) in [5.74, 6) is 1.73. The van der Waals surface area contributed by atoms with Crippen LogP contribution in [-0.4, -0.2) is 37.2 Å². The first-order valence-electron chi connectivity index (χ1n) is 12.5. The van der Waals surface area contributed by atoms with Gasteiger partial charge in [0, 0.05) is 24.7 Å². The Balaban J connectivity index is 1.79. The number of nitrogens with zero attached hydrogens (tertiary/aromatic N) is 5. The fourth-order valence-corrected chi connectivity index (χ4v) is 4.60. The van der Waals surface area contributed by atoms with Crippen LogP contribution in [0.1, 0.15) is 64.0 Å². The number of benzene rings is 2. The maximum absolute atomic E-state index is 13.2. The van der Waals surface area contributed by atoms with E-state index in [0.29, 0.717) is 24.4 Å². The van der Waals surface area contributed by atoms with Crippen molar-refractivity contribution >= 4 is 10.9 Å². The normalized spacial score (nSPS) is 13.0. The van der Waals surface area contributed by atoms with E-state index in [9.17, 15) is 4.79 Å². The Bertz CT molecular complexity index is 1360. The van der Waals surface area contributed by atoms with Crippen molar-refractivity contribution in [2.45, 2.75) is 65.7 Å². The van der Waals surface area contributed by atoms with Crippen LogP contribution in [-0.2, 0) is 18.6 Å². The maximum atomic E-state index is 13.2. The minimum absolute atomic E-state index is 0.100. The molecule has 0 saturated carbocycles. The molecule has 0 amide bonds. The topological polar surface area (TPSA) is 88.9 Å². The average Bonchev–Trinajstić information content (AvgIpc) is 3.35. The van der Waals surface area contributed by atoms with Gasteiger partial charge in [0.25, 0.3) is 5.56 Å². The molecule has 2 aromatic heterocycles. The first-order valence-corrected chi connectivity index (χ1v) is 12.5. The van der Waals surface area contributed by atoms with Gasteiger partial charge in [0.05, 0.1) is 24.2 Å². The van der Waals surface area contributed by atoms with E-state index in [2.05, 4.69) is 72.2 Å². The van der Waals surface area contributed by atoms with Crippen LogP contribution < -0.4 is 10.3 Å². The summed E-state index contributed by atoms with van der Waals surface area (Å²) in [7, 11) is 1.62. The van der Waals surface area contributed by atoms with Crippen molar-refractivity contribution in [1.29, 1.82) is 0 Å². The molecule has 0 bridgehead atoms. The number of aromatic nitrogens is 5. The lowest BCUT2D eigenvalue weighted by Gasteiger charge is -2.35. The Labute approximate surface area is 212 Å². The molecule has 36 heavy (non-hydrogen) atoms. The lowest BCUT2D eigenvalue weighted by Crippen LogP contribution is -2.38. The zero-order valence-electron chi connectivity index (χ0n) is 22.0. The molecule has 8 nitrogen and oxygen atoms in total. The highest BCUT2D eigenvalue weighted by Crippen LogP contribution is 2.33. The van der Waals surface area contributed by atoms with Gasteiger partial charge in [0.1, 0.15) is 5.75 Å². The van der Waals surface area contributed by atoms with Crippen LogP contribution in [0, 0.1) is 5.92 Å². The third-order valence-electron chi connectivity index (χ3n) is 6.95. The van der Waals surface area contributed by atoms with Gasteiger partial charge >= 0.3 is 0 Å². The number of hydrogen-bond acceptors (Lipinski definition) is 6. The Morgan fingerprint density at radius 3 is 2.50 bits per heavy atom. The quantitative estimate of drug-likeness (QED) is 0.335. The molecule has 0 radical (unpaired) electrons. The third kappa shape index (κ3) is 5.33. The molecule has 190 valence electrons. The second kappa shape index (κ2) is 10.6. The van der Waals surface area contributed by atoms with Crippen molar-refractivity contribution in [3.63, 3.8) is 0 Å². The molecule has 4 aromatic rings. The molecule has 1 N–H and O–H groups in total. The van der Waals surface area contributed by atoms with Crippen LogP contribution in [0.3, 0.4) is 0 Å². The Kier molecular flexibility index (Phi) is 7.54. The van der Waals surface area contributed by atoms with Gasteiger partial charge in [0.2, 0.25) is 0 Å². The van der Waals surface area contributed by atoms with E-state index < -0.39 is 0 Å². The first-order chi connectivity index (χ1) is 17.2. The second-order valence-electron chi connectivity index (χ2n) is 10.3. The van der Waals surface area contributed by atoms with Gasteiger partial charge < -0.3 is 9.72 Å². The van der Waals surface area contributed by atoms with Gasteiger partial charge in [-0.1, -0.05) is 51.1 Å². The number of methoxy groups -OCH3 is 1. The minimum Gasteiger partial charge on any atom is -0.497 e. The second-order valence-corrected chi connectivity index (χ2v) is 10.3. The van der Waals surface area contributed by atoms with Gasteiger partial charge in [-0.05, 0) is 65.8 Å². The summed E-state index contributed by atoms with van der Waals surface area (Å²) in [5.41, 5.74) is 2.28. The number of tetrazole rings is 1. The number of pyridine rings is 1. The Morgan fingerprint density at radius 1 is 1.08 bits per heavy atom. The molecule has 0 saturated heterocycles. The molecule has 0 aliphatic heterocycles. The van der Waals surface area contributed by atoms with Gasteiger partial charge in [0.15, 0.2) is 5.82 Å². The van der Waals surface area contributed by atoms with E-state index in [0.717, 1.165) is 23.1 Å². The van der Waals surface area contributed by atoms with Crippen LogP contribution in [0.25, 0.3) is 10.9 Å². The fraction of sp³-hybridized carbons (Fsp3) is 0.429. The molecule has 0 aliphatic carbocycles. The van der Waals surface area contributed by atoms with Gasteiger partial charge in [-0.25, -0.2) is 4.68 Å². The van der Waals surface area contributed by atoms with Crippen molar-refractivity contribution < 1.29 is 4.74 Å². The highest BCUT2D eigenvalue weighted by molar-refractivity contribution is 5.80. The predicted octanol–water partition coefficient (Wildman–Crippen LogP) is 5.07. The zero-order valence-corrected chi connectivity index (χ0v) is 22.0. The number of ether oxygens (including phenoxy) is 1. The molecule has 8 heteroatoms. The number of nitrogens with one attached hydrogen (secondary N) is 1. The van der Waals surface area contributed by atoms with Crippen molar-refractivity contribution in [3.05, 3.63) is 81.9 Å². The standard InChI is InChI=1S/C28H36N6O2/c1-7-28(4,5)34-26(30-31-32-34)25(19(2)3)33(17-20-11-9-8-10-12-20)18-22-15-21-13-14-23(36-6)16-24(21)29-27(22)35/h8-16,19,25H,7,17-18H2,1-6H3,(H,29,35). The number of H-pyrrole nitrogens is 1. The molecular formula is C28H36N6O2. The van der Waals surface area contributed by atoms with E-state index in [-0.39, 0.29) is 23.1 Å². The zero-order chi connectivity index (χ0) is 25.9. The maximum Gasteiger partial charge on any atom is 0.252 e. The molecule has 2 aromatic carbocycles. The van der Waals surface area contributed by atoms with Gasteiger partial charge in [-0.2, -0.15) is 0 Å². The van der Waals surface area contributed by atoms with Crippen LogP contribution in [0.2, 0.25) is 0 Å². The SMILES string of the molecule is CCC(C)(C)n1nnnc1C(C(C)C)N(Cc1ccccc1)Cc1cc2ccc(OC)cc2[nH]c1=O. The predicted molar refractivity (Wildman–Crippen MR) is 142 cm³/mol. The third-order valence-corrected chi connectivity index (χ3v) is 6.95. The molecule has 0 spiro atoms. The molecule has 0 aliphatic rings. The number of fused-ring (bicyclic) bond motifs is 1. The van der Waals surface area contributed by atoms with Crippen LogP contribution in [0.4, 0.5) is 0 Å². The van der Waals surface area contributed by atoms with E-state index in [1.165, 1.54) is 5.56 Å². The average molecular weight is 489 g/mol. The van der Waals surface area contributed by atoms with Crippen molar-refractivity contribution in [2.75, 3.05) is 7.11 Å². The van der Waals surface area contributed by atoms with Crippen molar-refractivity contribution in [2.24, 2.45) is 5.92 Å². The summed E-state index contributed by atoms with van der Waals surface area (Å²) in [5, 5.41) is 13.9. The van der Waals surface area contributed by atoms with Gasteiger partial charge in [-0.3, -0.25) is 9.69 Å². The minimum atomic E-state index is -0.232. The molecular weight excluding hydrogens is 452 g/mol. The molecule has 4 rings (SSSR count). The lowest BCUT2D eigenvalue weighted by molar-refractivity contribution is 0.118. The van der Waals surface area contributed by atoms with Gasteiger partial charge in [-0.15, -0.1) is 5.10 Å². The summed E-state index contributed by atoms with van der Waals surface area (Å²) in [6, 6.07) is 17.9. The summed E-state index contributed by atoms with van der Waals surface area (Å²) in [6.45, 7) is 11.9. The highest BCUT2D eigenvalue weighted by atomic mass is 16.5. The highest BCUT2D eigenvalue weighted by Gasteiger charge is 2.33. The fourth-order valence-electron chi connectivity index (χ4n) is 4.60. The van der Waals surface area contributed by atoms with E-state index in [4.69, 9.17) is 4.74 Å².